The summed E-state index contributed by atoms with van der Waals surface area (Å²) in [5.74, 6) is -1.94. The first-order chi connectivity index (χ1) is 12.1. The standard InChI is InChI=1S/C15H9ClF3N3O4/c16-11-5-9(13(23)12(6-11)22(25)26)7-20-21-14(24)8-2-1-3-10(4-8)15(17,18)19/h1-7,23H,(H,21,24)/p-1/b20-7-. The number of nitro benzene ring substituents is 1. The summed E-state index contributed by atoms with van der Waals surface area (Å²) in [6, 6.07) is 5.59. The van der Waals surface area contributed by atoms with Crippen molar-refractivity contribution >= 4 is 29.4 Å². The van der Waals surface area contributed by atoms with E-state index in [1.54, 1.807) is 0 Å². The van der Waals surface area contributed by atoms with E-state index in [4.69, 9.17) is 11.6 Å². The quantitative estimate of drug-likeness (QED) is 0.494. The molecule has 2 rings (SSSR count). The molecule has 0 aliphatic rings. The molecule has 0 aromatic heterocycles. The normalized spacial score (nSPS) is 11.5. The topological polar surface area (TPSA) is 108 Å². The van der Waals surface area contributed by atoms with Crippen molar-refractivity contribution in [1.29, 1.82) is 0 Å². The second-order valence-electron chi connectivity index (χ2n) is 4.88. The van der Waals surface area contributed by atoms with Crippen LogP contribution in [0.15, 0.2) is 41.5 Å². The largest absolute Gasteiger partial charge is 0.867 e. The van der Waals surface area contributed by atoms with Crippen LogP contribution in [-0.4, -0.2) is 17.0 Å². The molecule has 0 saturated carbocycles. The Morgan fingerprint density at radius 1 is 1.27 bits per heavy atom. The summed E-state index contributed by atoms with van der Waals surface area (Å²) in [7, 11) is 0. The van der Waals surface area contributed by atoms with Gasteiger partial charge in [0.25, 0.3) is 11.6 Å². The first-order valence-corrected chi connectivity index (χ1v) is 7.13. The van der Waals surface area contributed by atoms with Crippen molar-refractivity contribution < 1.29 is 28.0 Å². The minimum Gasteiger partial charge on any atom is -0.867 e. The van der Waals surface area contributed by atoms with Gasteiger partial charge in [-0.25, -0.2) is 5.43 Å². The highest BCUT2D eigenvalue weighted by molar-refractivity contribution is 6.31. The number of hydrogen-bond acceptors (Lipinski definition) is 5. The van der Waals surface area contributed by atoms with Crippen LogP contribution in [0.1, 0.15) is 21.5 Å². The highest BCUT2D eigenvalue weighted by Gasteiger charge is 2.30. The van der Waals surface area contributed by atoms with Gasteiger partial charge in [-0.1, -0.05) is 17.7 Å². The fourth-order valence-electron chi connectivity index (χ4n) is 1.89. The number of rotatable bonds is 4. The Morgan fingerprint density at radius 3 is 2.58 bits per heavy atom. The van der Waals surface area contributed by atoms with Gasteiger partial charge in [-0.3, -0.25) is 14.9 Å². The van der Waals surface area contributed by atoms with Crippen molar-refractivity contribution in [3.8, 4) is 5.75 Å². The molecule has 0 heterocycles. The lowest BCUT2D eigenvalue weighted by molar-refractivity contribution is -0.398. The molecule has 0 bridgehead atoms. The van der Waals surface area contributed by atoms with Gasteiger partial charge in [0.1, 0.15) is 0 Å². The van der Waals surface area contributed by atoms with Crippen molar-refractivity contribution in [3.05, 3.63) is 68.2 Å². The van der Waals surface area contributed by atoms with Gasteiger partial charge in [0, 0.05) is 16.7 Å². The second kappa shape index (κ2) is 7.40. The number of amides is 1. The Kier molecular flexibility index (Phi) is 5.46. The fourth-order valence-corrected chi connectivity index (χ4v) is 2.11. The molecule has 0 aliphatic carbocycles. The Morgan fingerprint density at radius 2 is 1.96 bits per heavy atom. The van der Waals surface area contributed by atoms with Gasteiger partial charge in [0.15, 0.2) is 0 Å². The van der Waals surface area contributed by atoms with Crippen LogP contribution in [0.4, 0.5) is 18.9 Å². The lowest BCUT2D eigenvalue weighted by Crippen LogP contribution is -2.18. The van der Waals surface area contributed by atoms with E-state index < -0.39 is 34.0 Å². The molecule has 136 valence electrons. The molecule has 0 unspecified atom stereocenters. The van der Waals surface area contributed by atoms with Gasteiger partial charge < -0.3 is 5.11 Å². The fraction of sp³-hybridized carbons (Fsp3) is 0.0667. The van der Waals surface area contributed by atoms with E-state index in [0.29, 0.717) is 6.07 Å². The third-order valence-corrected chi connectivity index (χ3v) is 3.30. The number of nitrogens with one attached hydrogen (secondary N) is 1. The molecule has 0 radical (unpaired) electrons. The number of benzene rings is 2. The molecule has 1 amide bonds. The first kappa shape index (κ1) is 19.2. The summed E-state index contributed by atoms with van der Waals surface area (Å²) in [5.41, 5.74) is -0.433. The maximum atomic E-state index is 12.6. The number of nitro groups is 1. The number of hydrazone groups is 1. The molecule has 2 aromatic carbocycles. The van der Waals surface area contributed by atoms with Crippen LogP contribution >= 0.6 is 11.6 Å². The SMILES string of the molecule is O=C(N/N=C\c1cc(Cl)cc([N+](=O)[O-])c1[O-])c1cccc(C(F)(F)F)c1. The summed E-state index contributed by atoms with van der Waals surface area (Å²) < 4.78 is 37.9. The van der Waals surface area contributed by atoms with Gasteiger partial charge in [0.2, 0.25) is 0 Å². The van der Waals surface area contributed by atoms with Crippen LogP contribution in [-0.2, 0) is 6.18 Å². The van der Waals surface area contributed by atoms with Crippen molar-refractivity contribution in [2.24, 2.45) is 5.10 Å². The molecule has 0 saturated heterocycles. The summed E-state index contributed by atoms with van der Waals surface area (Å²) in [4.78, 5) is 21.7. The maximum Gasteiger partial charge on any atom is 0.416 e. The van der Waals surface area contributed by atoms with Gasteiger partial charge in [-0.05, 0) is 35.6 Å². The molecule has 0 atom stereocenters. The first-order valence-electron chi connectivity index (χ1n) is 6.75. The number of hydrogen-bond donors (Lipinski definition) is 1. The zero-order valence-electron chi connectivity index (χ0n) is 12.6. The smallest absolute Gasteiger partial charge is 0.416 e. The molecular weight excluding hydrogens is 379 g/mol. The highest BCUT2D eigenvalue weighted by Crippen LogP contribution is 2.30. The van der Waals surface area contributed by atoms with Crippen LogP contribution in [0.3, 0.4) is 0 Å². The second-order valence-corrected chi connectivity index (χ2v) is 5.31. The average molecular weight is 387 g/mol. The Bertz CT molecular complexity index is 900. The molecule has 0 fully saturated rings. The molecule has 0 spiro atoms. The Balaban J connectivity index is 2.19. The van der Waals surface area contributed by atoms with Crippen molar-refractivity contribution in [1.82, 2.24) is 5.43 Å². The number of halogens is 4. The van der Waals surface area contributed by atoms with E-state index in [9.17, 15) is 33.2 Å². The summed E-state index contributed by atoms with van der Waals surface area (Å²) in [6.07, 6.45) is -3.80. The van der Waals surface area contributed by atoms with Crippen molar-refractivity contribution in [2.45, 2.75) is 6.18 Å². The summed E-state index contributed by atoms with van der Waals surface area (Å²) in [5, 5.41) is 25.9. The predicted octanol–water partition coefficient (Wildman–Crippen LogP) is 3.10. The summed E-state index contributed by atoms with van der Waals surface area (Å²) in [6.45, 7) is 0. The number of carbonyl (C=O) groups is 1. The number of nitrogens with zero attached hydrogens (tertiary/aromatic N) is 2. The van der Waals surface area contributed by atoms with Crippen LogP contribution in [0.25, 0.3) is 0 Å². The third-order valence-electron chi connectivity index (χ3n) is 3.08. The minimum absolute atomic E-state index is 0.0954. The predicted molar refractivity (Wildman–Crippen MR) is 84.1 cm³/mol. The van der Waals surface area contributed by atoms with E-state index in [1.807, 2.05) is 5.43 Å². The van der Waals surface area contributed by atoms with Gasteiger partial charge in [0.05, 0.1) is 16.7 Å². The molecule has 26 heavy (non-hydrogen) atoms. The molecular formula is C15H8ClF3N3O4-. The highest BCUT2D eigenvalue weighted by atomic mass is 35.5. The van der Waals surface area contributed by atoms with Crippen LogP contribution in [0, 0.1) is 10.1 Å². The Labute approximate surface area is 148 Å². The summed E-state index contributed by atoms with van der Waals surface area (Å²) >= 11 is 5.66. The average Bonchev–Trinajstić information content (AvgIpc) is 2.56. The lowest BCUT2D eigenvalue weighted by Gasteiger charge is -2.11. The maximum absolute atomic E-state index is 12.6. The zero-order valence-corrected chi connectivity index (χ0v) is 13.3. The van der Waals surface area contributed by atoms with Crippen LogP contribution in [0.5, 0.6) is 5.75 Å². The van der Waals surface area contributed by atoms with Crippen LogP contribution < -0.4 is 10.5 Å². The monoisotopic (exact) mass is 386 g/mol. The van der Waals surface area contributed by atoms with E-state index in [-0.39, 0.29) is 16.1 Å². The molecule has 11 heteroatoms. The minimum atomic E-state index is -4.61. The van der Waals surface area contributed by atoms with E-state index in [2.05, 4.69) is 5.10 Å². The third kappa shape index (κ3) is 4.48. The molecule has 1 N–H and O–H groups in total. The Hall–Kier alpha value is -3.14. The molecule has 0 aliphatic heterocycles. The van der Waals surface area contributed by atoms with Crippen molar-refractivity contribution in [3.63, 3.8) is 0 Å². The van der Waals surface area contributed by atoms with Gasteiger partial charge in [-0.15, -0.1) is 0 Å². The van der Waals surface area contributed by atoms with E-state index in [1.165, 1.54) is 0 Å². The van der Waals surface area contributed by atoms with Crippen LogP contribution in [0.2, 0.25) is 5.02 Å². The zero-order chi connectivity index (χ0) is 19.5. The number of alkyl halides is 3. The lowest BCUT2D eigenvalue weighted by atomic mass is 10.1. The van der Waals surface area contributed by atoms with Crippen molar-refractivity contribution in [2.75, 3.05) is 0 Å². The number of carbonyl (C=O) groups excluding carboxylic acids is 1. The van der Waals surface area contributed by atoms with Gasteiger partial charge in [-0.2, -0.15) is 18.3 Å². The van der Waals surface area contributed by atoms with E-state index in [0.717, 1.165) is 36.5 Å². The van der Waals surface area contributed by atoms with Gasteiger partial charge >= 0.3 is 6.18 Å². The van der Waals surface area contributed by atoms with E-state index >= 15 is 0 Å². The molecule has 7 nitrogen and oxygen atoms in total. The molecule has 2 aromatic rings.